The van der Waals surface area contributed by atoms with Crippen LogP contribution < -0.4 is 20.1 Å². The van der Waals surface area contributed by atoms with Gasteiger partial charge in [0.1, 0.15) is 23.6 Å². The Morgan fingerprint density at radius 2 is 0.833 bits per heavy atom. The summed E-state index contributed by atoms with van der Waals surface area (Å²) in [5.74, 6) is 0.0568. The van der Waals surface area contributed by atoms with Crippen molar-refractivity contribution in [1.29, 1.82) is 0 Å². The molecule has 6 aromatic carbocycles. The largest absolute Gasteiger partial charge is 0.490 e. The number of rotatable bonds is 6. The number of amides is 4. The summed E-state index contributed by atoms with van der Waals surface area (Å²) in [6.45, 7) is 3.96. The van der Waals surface area contributed by atoms with E-state index in [1.54, 1.807) is 38.4 Å². The summed E-state index contributed by atoms with van der Waals surface area (Å²) in [5, 5.41) is 7.61. The Bertz CT molecular complexity index is 2650. The second-order valence-corrected chi connectivity index (χ2v) is 19.1. The molecule has 2 aliphatic heterocycles. The van der Waals surface area contributed by atoms with Crippen LogP contribution in [0.1, 0.15) is 94.6 Å². The summed E-state index contributed by atoms with van der Waals surface area (Å²) >= 11 is 12.5. The third-order valence-corrected chi connectivity index (χ3v) is 13.2. The SMILES string of the molecule is C[C@@H]1C/C=C/C[C@@H](c2cccc(Cl)c2)NC(=O)[C@@H](Cc2ccccc2)N(C)C(=O)c2ccccc2O1.C[C@@H]1C/C=C\C[C@@H](c2cccc(Cl)c2)NC(=O)[C@@H](Cc2ccccc2)N(C)C(=O)c2ccccc2O1. The second kappa shape index (κ2) is 25.8. The number of hydrogen-bond donors (Lipinski definition) is 2. The predicted molar refractivity (Wildman–Crippen MR) is 287 cm³/mol. The predicted octanol–water partition coefficient (Wildman–Crippen LogP) is 12.0. The number of fused-ring (bicyclic) bond motifs is 2. The van der Waals surface area contributed by atoms with E-state index in [9.17, 15) is 19.2 Å². The van der Waals surface area contributed by atoms with E-state index in [0.717, 1.165) is 22.3 Å². The van der Waals surface area contributed by atoms with Crippen LogP contribution >= 0.6 is 23.2 Å². The fourth-order valence-electron chi connectivity index (χ4n) is 8.75. The molecular weight excluding hydrogens is 944 g/mol. The van der Waals surface area contributed by atoms with E-state index >= 15 is 0 Å². The maximum Gasteiger partial charge on any atom is 0.258 e. The summed E-state index contributed by atoms with van der Waals surface area (Å²) in [6, 6.07) is 46.9. The highest BCUT2D eigenvalue weighted by atomic mass is 35.5. The molecule has 0 fully saturated rings. The van der Waals surface area contributed by atoms with Crippen LogP contribution in [0.15, 0.2) is 182 Å². The molecule has 2 heterocycles. The Hall–Kier alpha value is -7.14. The molecule has 0 radical (unpaired) electrons. The molecule has 72 heavy (non-hydrogen) atoms. The van der Waals surface area contributed by atoms with Crippen molar-refractivity contribution < 1.29 is 28.7 Å². The lowest BCUT2D eigenvalue weighted by atomic mass is 9.99. The topological polar surface area (TPSA) is 117 Å². The number of halogens is 2. The first-order chi connectivity index (χ1) is 34.8. The van der Waals surface area contributed by atoms with Gasteiger partial charge >= 0.3 is 0 Å². The van der Waals surface area contributed by atoms with Crippen molar-refractivity contribution in [2.45, 2.75) is 88.7 Å². The highest BCUT2D eigenvalue weighted by Gasteiger charge is 2.33. The van der Waals surface area contributed by atoms with Gasteiger partial charge in [-0.05, 0) is 97.5 Å². The zero-order chi connectivity index (χ0) is 51.0. The molecule has 0 bridgehead atoms. The number of ether oxygens (including phenoxy) is 2. The van der Waals surface area contributed by atoms with Crippen molar-refractivity contribution in [1.82, 2.24) is 20.4 Å². The molecule has 0 aromatic heterocycles. The molecule has 0 unspecified atom stereocenters. The number of nitrogens with one attached hydrogen (secondary N) is 2. The maximum absolute atomic E-state index is 13.8. The third kappa shape index (κ3) is 14.5. The van der Waals surface area contributed by atoms with Gasteiger partial charge in [0.2, 0.25) is 11.8 Å². The Labute approximate surface area is 433 Å². The summed E-state index contributed by atoms with van der Waals surface area (Å²) in [5.41, 5.74) is 4.63. The first kappa shape index (κ1) is 52.7. The van der Waals surface area contributed by atoms with E-state index in [0.29, 0.717) is 71.2 Å². The Morgan fingerprint density at radius 3 is 1.22 bits per heavy atom. The van der Waals surface area contributed by atoms with E-state index in [4.69, 9.17) is 32.7 Å². The Kier molecular flexibility index (Phi) is 18.9. The fourth-order valence-corrected chi connectivity index (χ4v) is 9.15. The van der Waals surface area contributed by atoms with Crippen molar-refractivity contribution in [3.05, 3.63) is 225 Å². The monoisotopic (exact) mass is 1000 g/mol. The zero-order valence-electron chi connectivity index (χ0n) is 41.1. The van der Waals surface area contributed by atoms with Gasteiger partial charge in [-0.15, -0.1) is 0 Å². The van der Waals surface area contributed by atoms with Crippen LogP contribution in [0.4, 0.5) is 0 Å². The van der Waals surface area contributed by atoms with Crippen LogP contribution in [-0.4, -0.2) is 71.8 Å². The normalized spacial score (nSPS) is 22.1. The molecule has 8 rings (SSSR count). The molecule has 6 atom stereocenters. The minimum atomic E-state index is -0.723. The molecule has 6 aromatic rings. The maximum atomic E-state index is 13.8. The van der Waals surface area contributed by atoms with E-state index in [1.165, 1.54) is 9.80 Å². The number of carbonyl (C=O) groups is 4. The smallest absolute Gasteiger partial charge is 0.258 e. The average molecular weight is 1010 g/mol. The number of para-hydroxylation sites is 2. The van der Waals surface area contributed by atoms with Gasteiger partial charge in [-0.3, -0.25) is 19.2 Å². The van der Waals surface area contributed by atoms with Gasteiger partial charge in [-0.1, -0.05) is 157 Å². The van der Waals surface area contributed by atoms with Crippen molar-refractivity contribution in [2.24, 2.45) is 0 Å². The second-order valence-electron chi connectivity index (χ2n) is 18.2. The average Bonchev–Trinajstić information content (AvgIpc) is 3.38. The molecule has 0 saturated heterocycles. The number of hydrogen-bond acceptors (Lipinski definition) is 6. The van der Waals surface area contributed by atoms with Gasteiger partial charge in [0.05, 0.1) is 35.4 Å². The van der Waals surface area contributed by atoms with Crippen LogP contribution in [0.25, 0.3) is 0 Å². The van der Waals surface area contributed by atoms with Crippen molar-refractivity contribution in [3.63, 3.8) is 0 Å². The van der Waals surface area contributed by atoms with Crippen LogP contribution in [0.5, 0.6) is 11.5 Å². The number of carbonyl (C=O) groups excluding carboxylic acids is 4. The highest BCUT2D eigenvalue weighted by Crippen LogP contribution is 2.29. The van der Waals surface area contributed by atoms with Crippen LogP contribution in [0.3, 0.4) is 0 Å². The molecule has 12 heteroatoms. The van der Waals surface area contributed by atoms with Crippen molar-refractivity contribution in [3.8, 4) is 11.5 Å². The van der Waals surface area contributed by atoms with E-state index in [1.807, 2.05) is 147 Å². The molecule has 2 N–H and O–H groups in total. The standard InChI is InChI=1S/2C30H31ClN2O3/c2*1-21-11-6-8-17-26(23-14-10-15-24(31)20-23)32-29(34)27(19-22-12-4-3-5-13-22)33(2)30(35)25-16-7-9-18-28(25)36-21/h2*3-10,12-16,18,20-21,26-27H,11,17,19H2,1-2H3,(H,32,34)/b8-6+;8-6-/t2*21-,26+,27-/m11/s1. The lowest BCUT2D eigenvalue weighted by Crippen LogP contribution is -2.49. The molecule has 0 aliphatic carbocycles. The Morgan fingerprint density at radius 1 is 0.472 bits per heavy atom. The van der Waals surface area contributed by atoms with Crippen molar-refractivity contribution in [2.75, 3.05) is 14.1 Å². The molecule has 372 valence electrons. The fraction of sp³-hybridized carbons (Fsp3) is 0.267. The molecule has 4 amide bonds. The van der Waals surface area contributed by atoms with E-state index in [-0.39, 0.29) is 47.9 Å². The van der Waals surface area contributed by atoms with Gasteiger partial charge < -0.3 is 29.9 Å². The molecule has 10 nitrogen and oxygen atoms in total. The van der Waals surface area contributed by atoms with Crippen LogP contribution in [0, 0.1) is 0 Å². The first-order valence-electron chi connectivity index (χ1n) is 24.4. The number of benzene rings is 6. The van der Waals surface area contributed by atoms with Gasteiger partial charge in [0, 0.05) is 49.8 Å². The van der Waals surface area contributed by atoms with Gasteiger partial charge in [-0.2, -0.15) is 0 Å². The quantitative estimate of drug-likeness (QED) is 0.161. The van der Waals surface area contributed by atoms with Crippen LogP contribution in [0.2, 0.25) is 10.0 Å². The lowest BCUT2D eigenvalue weighted by Gasteiger charge is -2.30. The summed E-state index contributed by atoms with van der Waals surface area (Å²) in [7, 11) is 3.35. The minimum absolute atomic E-state index is 0.122. The third-order valence-electron chi connectivity index (χ3n) is 12.8. The van der Waals surface area contributed by atoms with Crippen LogP contribution in [-0.2, 0) is 22.4 Å². The molecular formula is C60H62Cl2N4O6. The van der Waals surface area contributed by atoms with Gasteiger partial charge in [0.15, 0.2) is 0 Å². The first-order valence-corrected chi connectivity index (χ1v) is 25.1. The number of nitrogens with zero attached hydrogens (tertiary/aromatic N) is 2. The van der Waals surface area contributed by atoms with E-state index < -0.39 is 12.1 Å². The summed E-state index contributed by atoms with van der Waals surface area (Å²) in [6.07, 6.45) is 11.3. The van der Waals surface area contributed by atoms with Gasteiger partial charge in [-0.25, -0.2) is 0 Å². The van der Waals surface area contributed by atoms with Crippen molar-refractivity contribution >= 4 is 46.8 Å². The minimum Gasteiger partial charge on any atom is -0.490 e. The highest BCUT2D eigenvalue weighted by molar-refractivity contribution is 6.31. The number of likely N-dealkylation sites (N-methyl/N-ethyl adjacent to an activating group) is 2. The van der Waals surface area contributed by atoms with Gasteiger partial charge in [0.25, 0.3) is 11.8 Å². The summed E-state index contributed by atoms with van der Waals surface area (Å²) in [4.78, 5) is 58.0. The van der Waals surface area contributed by atoms with E-state index in [2.05, 4.69) is 34.9 Å². The lowest BCUT2D eigenvalue weighted by molar-refractivity contribution is -0.126. The molecule has 2 aliphatic rings. The molecule has 0 saturated carbocycles. The summed E-state index contributed by atoms with van der Waals surface area (Å²) < 4.78 is 12.3. The zero-order valence-corrected chi connectivity index (χ0v) is 42.6. The Balaban J connectivity index is 0.000000211. The molecule has 0 spiro atoms.